The van der Waals surface area contributed by atoms with Gasteiger partial charge in [-0.3, -0.25) is 4.72 Å². The number of carboxylic acids is 1. The third-order valence-corrected chi connectivity index (χ3v) is 6.49. The van der Waals surface area contributed by atoms with Crippen molar-refractivity contribution in [2.24, 2.45) is 0 Å². The summed E-state index contributed by atoms with van der Waals surface area (Å²) in [5.41, 5.74) is 3.33. The van der Waals surface area contributed by atoms with E-state index in [0.29, 0.717) is 18.8 Å². The number of hydrogen-bond donors (Lipinski definition) is 2. The van der Waals surface area contributed by atoms with E-state index in [2.05, 4.69) is 46.6 Å². The van der Waals surface area contributed by atoms with E-state index in [9.17, 15) is 18.3 Å². The Morgan fingerprint density at radius 3 is 2.59 bits per heavy atom. The number of hydrogen-bond acceptors (Lipinski definition) is 5. The van der Waals surface area contributed by atoms with Crippen LogP contribution in [-0.2, 0) is 10.0 Å². The lowest BCUT2D eigenvalue weighted by atomic mass is 10.1. The fourth-order valence-electron chi connectivity index (χ4n) is 3.66. The van der Waals surface area contributed by atoms with E-state index < -0.39 is 16.0 Å². The van der Waals surface area contributed by atoms with Crippen LogP contribution in [0.4, 0.5) is 17.1 Å². The highest BCUT2D eigenvalue weighted by molar-refractivity contribution is 7.92. The third kappa shape index (κ3) is 4.82. The maximum atomic E-state index is 11.8. The molecule has 1 aliphatic rings. The van der Waals surface area contributed by atoms with E-state index in [4.69, 9.17) is 0 Å². The summed E-state index contributed by atoms with van der Waals surface area (Å²) in [7, 11) is -3.47. The van der Waals surface area contributed by atoms with Gasteiger partial charge in [0.2, 0.25) is 10.0 Å². The fraction of sp³-hybridized carbons (Fsp3) is 0.381. The summed E-state index contributed by atoms with van der Waals surface area (Å²) in [5, 5.41) is 9.69. The molecule has 8 heteroatoms. The molecular formula is C21H27N3O4S. The predicted octanol–water partition coefficient (Wildman–Crippen LogP) is 3.17. The Labute approximate surface area is 172 Å². The molecule has 2 aromatic carbocycles. The van der Waals surface area contributed by atoms with Crippen LogP contribution < -0.4 is 14.5 Å². The Morgan fingerprint density at radius 1 is 1.21 bits per heavy atom. The first-order valence-corrected chi connectivity index (χ1v) is 11.3. The van der Waals surface area contributed by atoms with E-state index in [-0.39, 0.29) is 23.0 Å². The van der Waals surface area contributed by atoms with Crippen molar-refractivity contribution < 1.29 is 18.3 Å². The number of piperazine rings is 1. The molecular weight excluding hydrogens is 390 g/mol. The monoisotopic (exact) mass is 417 g/mol. The van der Waals surface area contributed by atoms with Crippen LogP contribution in [-0.4, -0.2) is 50.9 Å². The molecule has 2 aromatic rings. The van der Waals surface area contributed by atoms with E-state index in [1.807, 2.05) is 6.07 Å². The molecule has 1 saturated heterocycles. The Hall–Kier alpha value is -2.74. The van der Waals surface area contributed by atoms with Crippen LogP contribution in [0, 0.1) is 6.92 Å². The van der Waals surface area contributed by atoms with Gasteiger partial charge in [0.1, 0.15) is 0 Å². The molecule has 1 heterocycles. The number of rotatable bonds is 6. The standard InChI is InChI=1S/C21H27N3O4S/c1-4-29(27,28)22-17-8-9-20(19(13-17)21(25)26)23-10-11-24(16(3)14-23)18-7-5-6-15(2)12-18/h5-9,12-13,16,22H,4,10-11,14H2,1-3H3,(H,25,26). The van der Waals surface area contributed by atoms with Gasteiger partial charge in [0.25, 0.3) is 0 Å². The van der Waals surface area contributed by atoms with Gasteiger partial charge in [-0.15, -0.1) is 0 Å². The molecule has 0 bridgehead atoms. The predicted molar refractivity (Wildman–Crippen MR) is 117 cm³/mol. The van der Waals surface area contributed by atoms with E-state index in [1.165, 1.54) is 24.2 Å². The van der Waals surface area contributed by atoms with Gasteiger partial charge in [-0.05, 0) is 56.7 Å². The molecule has 0 aromatic heterocycles. The minimum atomic E-state index is -3.47. The van der Waals surface area contributed by atoms with Gasteiger partial charge < -0.3 is 14.9 Å². The lowest BCUT2D eigenvalue weighted by Crippen LogP contribution is -2.52. The Kier molecular flexibility index (Phi) is 6.02. The van der Waals surface area contributed by atoms with E-state index in [1.54, 1.807) is 12.1 Å². The summed E-state index contributed by atoms with van der Waals surface area (Å²) in [6.07, 6.45) is 0. The van der Waals surface area contributed by atoms with Crippen molar-refractivity contribution in [1.29, 1.82) is 0 Å². The summed E-state index contributed by atoms with van der Waals surface area (Å²) in [6, 6.07) is 13.3. The van der Waals surface area contributed by atoms with Crippen molar-refractivity contribution >= 4 is 33.1 Å². The average molecular weight is 418 g/mol. The van der Waals surface area contributed by atoms with Crippen LogP contribution in [0.25, 0.3) is 0 Å². The highest BCUT2D eigenvalue weighted by Gasteiger charge is 2.27. The molecule has 1 unspecified atom stereocenters. The molecule has 0 radical (unpaired) electrons. The summed E-state index contributed by atoms with van der Waals surface area (Å²) in [6.45, 7) is 7.85. The molecule has 156 valence electrons. The van der Waals surface area contributed by atoms with Crippen LogP contribution in [0.15, 0.2) is 42.5 Å². The molecule has 0 amide bonds. The quantitative estimate of drug-likeness (QED) is 0.750. The molecule has 0 aliphatic carbocycles. The third-order valence-electron chi connectivity index (χ3n) is 5.18. The first-order valence-electron chi connectivity index (χ1n) is 9.66. The molecule has 0 saturated carbocycles. The highest BCUT2D eigenvalue weighted by atomic mass is 32.2. The summed E-state index contributed by atoms with van der Waals surface area (Å²) >= 11 is 0. The largest absolute Gasteiger partial charge is 0.478 e. The number of nitrogens with zero attached hydrogens (tertiary/aromatic N) is 2. The number of benzene rings is 2. The van der Waals surface area contributed by atoms with Gasteiger partial charge in [-0.25, -0.2) is 13.2 Å². The van der Waals surface area contributed by atoms with Crippen LogP contribution in [0.2, 0.25) is 0 Å². The van der Waals surface area contributed by atoms with Crippen LogP contribution >= 0.6 is 0 Å². The van der Waals surface area contributed by atoms with Gasteiger partial charge in [0, 0.05) is 37.1 Å². The van der Waals surface area contributed by atoms with E-state index in [0.717, 1.165) is 6.54 Å². The number of aryl methyl sites for hydroxylation is 1. The van der Waals surface area contributed by atoms with Crippen LogP contribution in [0.5, 0.6) is 0 Å². The smallest absolute Gasteiger partial charge is 0.337 e. The first kappa shape index (κ1) is 21.0. The zero-order valence-corrected chi connectivity index (χ0v) is 17.7. The molecule has 2 N–H and O–H groups in total. The lowest BCUT2D eigenvalue weighted by molar-refractivity contribution is 0.0697. The average Bonchev–Trinajstić information content (AvgIpc) is 2.67. The lowest BCUT2D eigenvalue weighted by Gasteiger charge is -2.42. The van der Waals surface area contributed by atoms with Crippen molar-refractivity contribution in [2.45, 2.75) is 26.8 Å². The molecule has 1 atom stereocenters. The first-order chi connectivity index (χ1) is 13.7. The maximum absolute atomic E-state index is 11.8. The minimum absolute atomic E-state index is 0.0738. The number of nitrogens with one attached hydrogen (secondary N) is 1. The molecule has 1 fully saturated rings. The number of aromatic carboxylic acids is 1. The zero-order valence-electron chi connectivity index (χ0n) is 16.9. The van der Waals surface area contributed by atoms with Crippen LogP contribution in [0.3, 0.4) is 0 Å². The summed E-state index contributed by atoms with van der Waals surface area (Å²) in [4.78, 5) is 16.2. The molecule has 1 aliphatic heterocycles. The van der Waals surface area contributed by atoms with Gasteiger partial charge >= 0.3 is 5.97 Å². The molecule has 3 rings (SSSR count). The van der Waals surface area contributed by atoms with Gasteiger partial charge in [-0.2, -0.15) is 0 Å². The fourth-order valence-corrected chi connectivity index (χ4v) is 4.30. The topological polar surface area (TPSA) is 90.0 Å². The van der Waals surface area contributed by atoms with Crippen LogP contribution in [0.1, 0.15) is 29.8 Å². The number of anilines is 3. The van der Waals surface area contributed by atoms with Crippen molar-refractivity contribution in [3.63, 3.8) is 0 Å². The SMILES string of the molecule is CCS(=O)(=O)Nc1ccc(N2CCN(c3cccc(C)c3)C(C)C2)c(C(=O)O)c1. The van der Waals surface area contributed by atoms with Gasteiger partial charge in [-0.1, -0.05) is 12.1 Å². The number of carbonyl (C=O) groups is 1. The number of sulfonamides is 1. The molecule has 29 heavy (non-hydrogen) atoms. The van der Waals surface area contributed by atoms with E-state index >= 15 is 0 Å². The molecule has 0 spiro atoms. The Bertz CT molecular complexity index is 1010. The highest BCUT2D eigenvalue weighted by Crippen LogP contribution is 2.29. The second-order valence-electron chi connectivity index (χ2n) is 7.37. The summed E-state index contributed by atoms with van der Waals surface area (Å²) in [5.74, 6) is -1.15. The van der Waals surface area contributed by atoms with Crippen molar-refractivity contribution in [1.82, 2.24) is 0 Å². The normalized spacial score (nSPS) is 17.3. The number of carboxylic acid groups (broad SMARTS) is 1. The Balaban J connectivity index is 1.83. The second-order valence-corrected chi connectivity index (χ2v) is 9.38. The summed E-state index contributed by atoms with van der Waals surface area (Å²) < 4.78 is 26.0. The molecule has 7 nitrogen and oxygen atoms in total. The van der Waals surface area contributed by atoms with Crippen molar-refractivity contribution in [3.8, 4) is 0 Å². The second kappa shape index (κ2) is 8.32. The minimum Gasteiger partial charge on any atom is -0.478 e. The zero-order chi connectivity index (χ0) is 21.2. The van der Waals surface area contributed by atoms with Crippen molar-refractivity contribution in [3.05, 3.63) is 53.6 Å². The van der Waals surface area contributed by atoms with Gasteiger partial charge in [0.05, 0.1) is 17.0 Å². The van der Waals surface area contributed by atoms with Crippen molar-refractivity contribution in [2.75, 3.05) is 39.9 Å². The van der Waals surface area contributed by atoms with Gasteiger partial charge in [0.15, 0.2) is 0 Å². The maximum Gasteiger partial charge on any atom is 0.337 e. The Morgan fingerprint density at radius 2 is 1.97 bits per heavy atom.